The second-order valence-corrected chi connectivity index (χ2v) is 4.23. The van der Waals surface area contributed by atoms with Crippen molar-refractivity contribution in [1.29, 1.82) is 0 Å². The van der Waals surface area contributed by atoms with Gasteiger partial charge in [-0.15, -0.1) is 0 Å². The zero-order chi connectivity index (χ0) is 8.60. The number of hydrogen-bond donors (Lipinski definition) is 1. The molecule has 0 spiro atoms. The van der Waals surface area contributed by atoms with E-state index >= 15 is 0 Å². The lowest BCUT2D eigenvalue weighted by Crippen LogP contribution is -2.18. The molecule has 3 nitrogen and oxygen atoms in total. The van der Waals surface area contributed by atoms with E-state index in [1.807, 2.05) is 0 Å². The number of hydrogen-bond acceptors (Lipinski definition) is 3. The predicted molar refractivity (Wildman–Crippen MR) is 45.4 cm³/mol. The molecule has 0 saturated carbocycles. The smallest absolute Gasteiger partial charge is 0.191 e. The van der Waals surface area contributed by atoms with Crippen molar-refractivity contribution in [2.45, 2.75) is 4.90 Å². The highest BCUT2D eigenvalue weighted by Gasteiger charge is 2.23. The summed E-state index contributed by atoms with van der Waals surface area (Å²) >= 11 is 0. The maximum Gasteiger partial charge on any atom is 0.191 e. The Morgan fingerprint density at radius 1 is 1.33 bits per heavy atom. The van der Waals surface area contributed by atoms with Gasteiger partial charge in [0, 0.05) is 6.54 Å². The van der Waals surface area contributed by atoms with Crippen molar-refractivity contribution in [1.82, 2.24) is 0 Å². The average molecular weight is 181 g/mol. The Labute approximate surface area is 71.3 Å². The van der Waals surface area contributed by atoms with Crippen LogP contribution in [0.15, 0.2) is 29.2 Å². The fourth-order valence-corrected chi connectivity index (χ4v) is 2.26. The summed E-state index contributed by atoms with van der Waals surface area (Å²) in [4.78, 5) is 0.316. The first-order valence-corrected chi connectivity index (χ1v) is 5.01. The molecule has 1 aromatic carbocycles. The SMILES string of the molecule is O=S1(=O)[C]CNc2ccccc21. The van der Waals surface area contributed by atoms with Crippen molar-refractivity contribution in [3.8, 4) is 0 Å². The normalized spacial score (nSPS) is 19.3. The lowest BCUT2D eigenvalue weighted by Gasteiger charge is -2.16. The molecule has 1 N–H and O–H groups in total. The summed E-state index contributed by atoms with van der Waals surface area (Å²) < 4.78 is 22.6. The van der Waals surface area contributed by atoms with Gasteiger partial charge in [0.05, 0.1) is 10.6 Å². The molecule has 1 aliphatic heterocycles. The fourth-order valence-electron chi connectivity index (χ4n) is 1.15. The van der Waals surface area contributed by atoms with Crippen LogP contribution in [-0.4, -0.2) is 15.0 Å². The molecule has 0 atom stereocenters. The monoisotopic (exact) mass is 181 g/mol. The van der Waals surface area contributed by atoms with Crippen LogP contribution in [0, 0.1) is 5.75 Å². The van der Waals surface area contributed by atoms with E-state index < -0.39 is 9.84 Å². The standard InChI is InChI=1S/C8H7NO2S/c10-12(11)6-5-9-7-3-1-2-4-8(7)12/h1-4,9H,5H2. The van der Waals surface area contributed by atoms with Crippen molar-refractivity contribution in [2.24, 2.45) is 0 Å². The van der Waals surface area contributed by atoms with Gasteiger partial charge in [-0.1, -0.05) is 12.1 Å². The molecule has 62 valence electrons. The minimum atomic E-state index is -3.25. The van der Waals surface area contributed by atoms with E-state index in [1.165, 1.54) is 0 Å². The molecule has 0 amide bonds. The van der Waals surface area contributed by atoms with Crippen molar-refractivity contribution in [3.63, 3.8) is 0 Å². The number of sulfone groups is 1. The van der Waals surface area contributed by atoms with Crippen LogP contribution in [0.4, 0.5) is 5.69 Å². The summed E-state index contributed by atoms with van der Waals surface area (Å²) in [6.45, 7) is 0.263. The second-order valence-electron chi connectivity index (χ2n) is 2.50. The van der Waals surface area contributed by atoms with Gasteiger partial charge in [-0.05, 0) is 12.1 Å². The molecule has 0 bridgehead atoms. The highest BCUT2D eigenvalue weighted by Crippen LogP contribution is 2.26. The van der Waals surface area contributed by atoms with Gasteiger partial charge in [0.15, 0.2) is 9.84 Å². The van der Waals surface area contributed by atoms with Gasteiger partial charge >= 0.3 is 0 Å². The largest absolute Gasteiger partial charge is 0.382 e. The van der Waals surface area contributed by atoms with E-state index in [1.54, 1.807) is 24.3 Å². The first-order valence-electron chi connectivity index (χ1n) is 3.53. The first-order chi connectivity index (χ1) is 5.70. The molecule has 1 heterocycles. The van der Waals surface area contributed by atoms with Gasteiger partial charge in [0.2, 0.25) is 0 Å². The lowest BCUT2D eigenvalue weighted by atomic mass is 10.3. The molecule has 0 unspecified atom stereocenters. The van der Waals surface area contributed by atoms with E-state index in [2.05, 4.69) is 11.1 Å². The van der Waals surface area contributed by atoms with Crippen LogP contribution in [0.3, 0.4) is 0 Å². The summed E-state index contributed by atoms with van der Waals surface area (Å²) in [5, 5.41) is 2.93. The lowest BCUT2D eigenvalue weighted by molar-refractivity contribution is 0.600. The minimum absolute atomic E-state index is 0.263. The van der Waals surface area contributed by atoms with Gasteiger partial charge in [0.25, 0.3) is 0 Å². The van der Waals surface area contributed by atoms with Crippen LogP contribution in [0.1, 0.15) is 0 Å². The summed E-state index contributed by atoms with van der Waals surface area (Å²) in [5.41, 5.74) is 0.663. The van der Waals surface area contributed by atoms with E-state index in [0.717, 1.165) is 0 Å². The fraction of sp³-hybridized carbons (Fsp3) is 0.125. The van der Waals surface area contributed by atoms with Crippen molar-refractivity contribution >= 4 is 15.5 Å². The molecule has 0 saturated heterocycles. The Morgan fingerprint density at radius 3 is 2.83 bits per heavy atom. The number of fused-ring (bicyclic) bond motifs is 1. The van der Waals surface area contributed by atoms with Crippen LogP contribution in [0.2, 0.25) is 0 Å². The predicted octanol–water partition coefficient (Wildman–Crippen LogP) is 0.925. The number of rotatable bonds is 0. The highest BCUT2D eigenvalue weighted by atomic mass is 32.2. The average Bonchev–Trinajstić information content (AvgIpc) is 2.04. The van der Waals surface area contributed by atoms with E-state index in [-0.39, 0.29) is 6.54 Å². The second kappa shape index (κ2) is 2.48. The Kier molecular flexibility index (Phi) is 1.58. The summed E-state index contributed by atoms with van der Waals surface area (Å²) in [5.74, 6) is 2.38. The van der Waals surface area contributed by atoms with Crippen LogP contribution in [0.25, 0.3) is 0 Å². The van der Waals surface area contributed by atoms with Crippen LogP contribution in [-0.2, 0) is 9.84 Å². The third-order valence-electron chi connectivity index (χ3n) is 1.72. The molecule has 2 radical (unpaired) electrons. The first kappa shape index (κ1) is 7.61. The van der Waals surface area contributed by atoms with E-state index in [4.69, 9.17) is 0 Å². The number of para-hydroxylation sites is 1. The van der Waals surface area contributed by atoms with E-state index in [9.17, 15) is 8.42 Å². The van der Waals surface area contributed by atoms with Crippen molar-refractivity contribution in [2.75, 3.05) is 11.9 Å². The third-order valence-corrected chi connectivity index (χ3v) is 3.18. The van der Waals surface area contributed by atoms with Gasteiger partial charge in [-0.3, -0.25) is 0 Å². The quantitative estimate of drug-likeness (QED) is 0.647. The molecule has 12 heavy (non-hydrogen) atoms. The van der Waals surface area contributed by atoms with Crippen LogP contribution >= 0.6 is 0 Å². The topological polar surface area (TPSA) is 46.2 Å². The zero-order valence-corrected chi connectivity index (χ0v) is 7.06. The molecule has 0 aliphatic carbocycles. The maximum absolute atomic E-state index is 11.3. The van der Waals surface area contributed by atoms with Crippen LogP contribution < -0.4 is 5.32 Å². The molecule has 1 aliphatic rings. The third kappa shape index (κ3) is 1.08. The van der Waals surface area contributed by atoms with Crippen molar-refractivity contribution < 1.29 is 8.42 Å². The molecule has 0 aromatic heterocycles. The number of anilines is 1. The Morgan fingerprint density at radius 2 is 2.08 bits per heavy atom. The molecular weight excluding hydrogens is 174 g/mol. The minimum Gasteiger partial charge on any atom is -0.382 e. The zero-order valence-electron chi connectivity index (χ0n) is 6.24. The summed E-state index contributed by atoms with van der Waals surface area (Å²) in [6.07, 6.45) is 0. The Hall–Kier alpha value is -1.03. The summed E-state index contributed by atoms with van der Waals surface area (Å²) in [6, 6.07) is 6.81. The Bertz CT molecular complexity index is 397. The molecular formula is C8H7NO2S. The Balaban J connectivity index is 2.67. The number of benzene rings is 1. The van der Waals surface area contributed by atoms with Gasteiger partial charge in [-0.2, -0.15) is 0 Å². The van der Waals surface area contributed by atoms with Crippen molar-refractivity contribution in [3.05, 3.63) is 30.0 Å². The molecule has 2 rings (SSSR count). The number of nitrogens with one attached hydrogen (secondary N) is 1. The van der Waals surface area contributed by atoms with Gasteiger partial charge < -0.3 is 5.32 Å². The molecule has 1 aromatic rings. The summed E-state index contributed by atoms with van der Waals surface area (Å²) in [7, 11) is -3.25. The van der Waals surface area contributed by atoms with E-state index in [0.29, 0.717) is 10.6 Å². The molecule has 0 fully saturated rings. The highest BCUT2D eigenvalue weighted by molar-refractivity contribution is 7.93. The maximum atomic E-state index is 11.3. The van der Waals surface area contributed by atoms with Crippen LogP contribution in [0.5, 0.6) is 0 Å². The molecule has 4 heteroatoms. The van der Waals surface area contributed by atoms with Gasteiger partial charge in [-0.25, -0.2) is 8.42 Å². The van der Waals surface area contributed by atoms with Gasteiger partial charge in [0.1, 0.15) is 5.75 Å².